The maximum atomic E-state index is 11.3. The Morgan fingerprint density at radius 2 is 2.00 bits per heavy atom. The van der Waals surface area contributed by atoms with Crippen LogP contribution >= 0.6 is 0 Å². The molecule has 0 unspecified atom stereocenters. The molecule has 0 aromatic heterocycles. The van der Waals surface area contributed by atoms with Gasteiger partial charge in [0.25, 0.3) is 5.91 Å². The fourth-order valence-electron chi connectivity index (χ4n) is 0.685. The first-order chi connectivity index (χ1) is 5.63. The minimum absolute atomic E-state index is 0.0249. The van der Waals surface area contributed by atoms with Gasteiger partial charge in [0.1, 0.15) is 0 Å². The van der Waals surface area contributed by atoms with Crippen molar-refractivity contribution in [3.63, 3.8) is 0 Å². The van der Waals surface area contributed by atoms with E-state index in [-0.39, 0.29) is 5.91 Å². The van der Waals surface area contributed by atoms with Crippen molar-refractivity contribution < 1.29 is 4.79 Å². The quantitative estimate of drug-likeness (QED) is 0.461. The second-order valence-electron chi connectivity index (χ2n) is 2.55. The molecule has 0 aromatic rings. The molecular weight excluding hydrogens is 150 g/mol. The maximum Gasteiger partial charge on any atom is 0.253 e. The molecule has 0 heterocycles. The number of likely N-dealkylation sites (N-methyl/N-ethyl adjacent to an activating group) is 1. The van der Waals surface area contributed by atoms with Crippen molar-refractivity contribution in [3.8, 4) is 0 Å². The van der Waals surface area contributed by atoms with E-state index in [2.05, 4.69) is 6.58 Å². The van der Waals surface area contributed by atoms with E-state index in [0.29, 0.717) is 5.57 Å². The van der Waals surface area contributed by atoms with Crippen LogP contribution in [-0.2, 0) is 4.79 Å². The van der Waals surface area contributed by atoms with Gasteiger partial charge in [-0.15, -0.1) is 0 Å². The summed E-state index contributed by atoms with van der Waals surface area (Å²) in [6, 6.07) is 0. The molecule has 2 heteroatoms. The predicted octanol–water partition coefficient (Wildman–Crippen LogP) is 1.76. The summed E-state index contributed by atoms with van der Waals surface area (Å²) >= 11 is 0. The average Bonchev–Trinajstić information content (AvgIpc) is 2.05. The van der Waals surface area contributed by atoms with Crippen LogP contribution in [0.25, 0.3) is 0 Å². The van der Waals surface area contributed by atoms with Crippen LogP contribution in [0.5, 0.6) is 0 Å². The molecule has 0 spiro atoms. The van der Waals surface area contributed by atoms with Gasteiger partial charge in [-0.05, 0) is 13.0 Å². The molecular formula is C10H15NO. The lowest BCUT2D eigenvalue weighted by molar-refractivity contribution is -0.124. The normalized spacial score (nSPS) is 11.8. The number of carbonyl (C=O) groups is 1. The molecule has 0 bridgehead atoms. The van der Waals surface area contributed by atoms with Crippen molar-refractivity contribution >= 4 is 5.91 Å². The summed E-state index contributed by atoms with van der Waals surface area (Å²) in [5.41, 5.74) is 0.609. The smallest absolute Gasteiger partial charge is 0.253 e. The number of allylic oxidation sites excluding steroid dienone is 3. The van der Waals surface area contributed by atoms with E-state index in [1.54, 1.807) is 26.2 Å². The standard InChI is InChI=1S/C10H15NO/c1-5-7-8-9(6-2)10(12)11(3)4/h5-8H,2H2,1,3-4H3/b7-5-,9-8+. The van der Waals surface area contributed by atoms with Crippen molar-refractivity contribution in [3.05, 3.63) is 36.5 Å². The number of nitrogens with zero attached hydrogens (tertiary/aromatic N) is 1. The van der Waals surface area contributed by atoms with Crippen molar-refractivity contribution in [1.82, 2.24) is 4.90 Å². The first-order valence-corrected chi connectivity index (χ1v) is 3.80. The Bertz CT molecular complexity index is 224. The zero-order chi connectivity index (χ0) is 9.56. The van der Waals surface area contributed by atoms with Crippen LogP contribution in [-0.4, -0.2) is 24.9 Å². The molecule has 0 aromatic carbocycles. The van der Waals surface area contributed by atoms with E-state index in [1.807, 2.05) is 19.1 Å². The molecule has 0 saturated carbocycles. The Kier molecular flexibility index (Phi) is 4.77. The first kappa shape index (κ1) is 10.7. The molecule has 0 saturated heterocycles. The molecule has 12 heavy (non-hydrogen) atoms. The summed E-state index contributed by atoms with van der Waals surface area (Å²) in [6.07, 6.45) is 6.99. The number of amides is 1. The van der Waals surface area contributed by atoms with Crippen LogP contribution < -0.4 is 0 Å². The van der Waals surface area contributed by atoms with Crippen LogP contribution in [0, 0.1) is 0 Å². The van der Waals surface area contributed by atoms with Gasteiger partial charge in [-0.25, -0.2) is 0 Å². The van der Waals surface area contributed by atoms with Crippen molar-refractivity contribution in [2.24, 2.45) is 0 Å². The summed E-state index contributed by atoms with van der Waals surface area (Å²) in [5, 5.41) is 0. The van der Waals surface area contributed by atoms with Gasteiger partial charge in [0.15, 0.2) is 0 Å². The third kappa shape index (κ3) is 3.19. The summed E-state index contributed by atoms with van der Waals surface area (Å²) in [7, 11) is 3.44. The highest BCUT2D eigenvalue weighted by molar-refractivity contribution is 5.95. The van der Waals surface area contributed by atoms with E-state index < -0.39 is 0 Å². The number of hydrogen-bond donors (Lipinski definition) is 0. The molecule has 0 atom stereocenters. The lowest BCUT2D eigenvalue weighted by atomic mass is 10.2. The van der Waals surface area contributed by atoms with Crippen LogP contribution in [0.3, 0.4) is 0 Å². The molecule has 1 amide bonds. The summed E-state index contributed by atoms with van der Waals surface area (Å²) < 4.78 is 0. The van der Waals surface area contributed by atoms with Gasteiger partial charge in [-0.1, -0.05) is 24.8 Å². The van der Waals surface area contributed by atoms with Crippen molar-refractivity contribution in [1.29, 1.82) is 0 Å². The van der Waals surface area contributed by atoms with E-state index >= 15 is 0 Å². The van der Waals surface area contributed by atoms with Crippen LogP contribution in [0.15, 0.2) is 36.5 Å². The second kappa shape index (κ2) is 5.35. The van der Waals surface area contributed by atoms with Crippen molar-refractivity contribution in [2.45, 2.75) is 6.92 Å². The van der Waals surface area contributed by atoms with E-state index in [0.717, 1.165) is 0 Å². The summed E-state index contributed by atoms with van der Waals surface area (Å²) in [4.78, 5) is 12.9. The molecule has 0 aliphatic heterocycles. The SMILES string of the molecule is C=C/C(=C\C=C/C)C(=O)N(C)C. The van der Waals surface area contributed by atoms with E-state index in [4.69, 9.17) is 0 Å². The van der Waals surface area contributed by atoms with Gasteiger partial charge in [0.2, 0.25) is 0 Å². The first-order valence-electron chi connectivity index (χ1n) is 3.80. The largest absolute Gasteiger partial charge is 0.345 e. The van der Waals surface area contributed by atoms with Crippen LogP contribution in [0.2, 0.25) is 0 Å². The molecule has 2 nitrogen and oxygen atoms in total. The molecule has 66 valence electrons. The lowest BCUT2D eigenvalue weighted by Crippen LogP contribution is -2.22. The van der Waals surface area contributed by atoms with Gasteiger partial charge >= 0.3 is 0 Å². The number of rotatable bonds is 3. The number of carbonyl (C=O) groups excluding carboxylic acids is 1. The van der Waals surface area contributed by atoms with Gasteiger partial charge < -0.3 is 4.90 Å². The van der Waals surface area contributed by atoms with Gasteiger partial charge in [0.05, 0.1) is 0 Å². The number of hydrogen-bond acceptors (Lipinski definition) is 1. The van der Waals surface area contributed by atoms with Crippen LogP contribution in [0.1, 0.15) is 6.92 Å². The summed E-state index contributed by atoms with van der Waals surface area (Å²) in [5.74, 6) is -0.0249. The third-order valence-corrected chi connectivity index (χ3v) is 1.34. The highest BCUT2D eigenvalue weighted by Crippen LogP contribution is 2.00. The molecule has 0 aliphatic rings. The molecule has 0 radical (unpaired) electrons. The molecule has 0 rings (SSSR count). The molecule has 0 N–H and O–H groups in total. The summed E-state index contributed by atoms with van der Waals surface area (Å²) in [6.45, 7) is 5.47. The fraction of sp³-hybridized carbons (Fsp3) is 0.300. The van der Waals surface area contributed by atoms with Crippen LogP contribution in [0.4, 0.5) is 0 Å². The zero-order valence-electron chi connectivity index (χ0n) is 7.87. The monoisotopic (exact) mass is 165 g/mol. The minimum atomic E-state index is -0.0249. The molecule has 0 aliphatic carbocycles. The predicted molar refractivity (Wildman–Crippen MR) is 51.8 cm³/mol. The van der Waals surface area contributed by atoms with Gasteiger partial charge in [-0.2, -0.15) is 0 Å². The third-order valence-electron chi connectivity index (χ3n) is 1.34. The van der Waals surface area contributed by atoms with Gasteiger partial charge in [0, 0.05) is 19.7 Å². The van der Waals surface area contributed by atoms with E-state index in [1.165, 1.54) is 4.90 Å². The lowest BCUT2D eigenvalue weighted by Gasteiger charge is -2.09. The second-order valence-corrected chi connectivity index (χ2v) is 2.55. The fourth-order valence-corrected chi connectivity index (χ4v) is 0.685. The Labute approximate surface area is 73.9 Å². The van der Waals surface area contributed by atoms with Crippen molar-refractivity contribution in [2.75, 3.05) is 14.1 Å². The Morgan fingerprint density at radius 1 is 1.42 bits per heavy atom. The zero-order valence-corrected chi connectivity index (χ0v) is 7.87. The average molecular weight is 165 g/mol. The Hall–Kier alpha value is -1.31. The topological polar surface area (TPSA) is 20.3 Å². The molecule has 0 fully saturated rings. The van der Waals surface area contributed by atoms with E-state index in [9.17, 15) is 4.79 Å². The highest BCUT2D eigenvalue weighted by Gasteiger charge is 2.05. The highest BCUT2D eigenvalue weighted by atomic mass is 16.2. The Morgan fingerprint density at radius 3 is 2.33 bits per heavy atom. The minimum Gasteiger partial charge on any atom is -0.345 e. The Balaban J connectivity index is 4.56. The maximum absolute atomic E-state index is 11.3. The van der Waals surface area contributed by atoms with Gasteiger partial charge in [-0.3, -0.25) is 4.79 Å².